The Hall–Kier alpha value is -2.89. The van der Waals surface area contributed by atoms with Gasteiger partial charge in [-0.1, -0.05) is 30.3 Å². The summed E-state index contributed by atoms with van der Waals surface area (Å²) in [5.74, 6) is 0.275. The second kappa shape index (κ2) is 5.62. The van der Waals surface area contributed by atoms with Crippen molar-refractivity contribution in [1.82, 2.24) is 20.2 Å². The standard InChI is InChI=1S/C15H15N5O/c1-11(12-6-2-5-9-15(12)21)17-13-7-3-4-8-14(13)20-10-16-18-19-20/h2-11,17,21H,1H3. The van der Waals surface area contributed by atoms with Gasteiger partial charge >= 0.3 is 0 Å². The van der Waals surface area contributed by atoms with Gasteiger partial charge in [-0.2, -0.15) is 4.68 Å². The number of benzene rings is 2. The molecule has 0 fully saturated rings. The lowest BCUT2D eigenvalue weighted by Crippen LogP contribution is -2.09. The number of nitrogens with one attached hydrogen (secondary N) is 1. The summed E-state index contributed by atoms with van der Waals surface area (Å²) in [6.07, 6.45) is 1.55. The van der Waals surface area contributed by atoms with Gasteiger partial charge in [0.2, 0.25) is 0 Å². The summed E-state index contributed by atoms with van der Waals surface area (Å²) in [5.41, 5.74) is 2.58. The quantitative estimate of drug-likeness (QED) is 0.768. The molecule has 0 aliphatic heterocycles. The molecular weight excluding hydrogens is 266 g/mol. The van der Waals surface area contributed by atoms with Crippen molar-refractivity contribution in [3.63, 3.8) is 0 Å². The van der Waals surface area contributed by atoms with Crippen molar-refractivity contribution >= 4 is 5.69 Å². The molecule has 3 aromatic rings. The average Bonchev–Trinajstić information content (AvgIpc) is 3.02. The van der Waals surface area contributed by atoms with E-state index in [2.05, 4.69) is 20.8 Å². The molecule has 0 radical (unpaired) electrons. The van der Waals surface area contributed by atoms with Crippen molar-refractivity contribution in [1.29, 1.82) is 0 Å². The van der Waals surface area contributed by atoms with Gasteiger partial charge in [-0.3, -0.25) is 0 Å². The summed E-state index contributed by atoms with van der Waals surface area (Å²) in [6, 6.07) is 15.0. The fourth-order valence-electron chi connectivity index (χ4n) is 2.23. The largest absolute Gasteiger partial charge is 0.508 e. The van der Waals surface area contributed by atoms with Crippen LogP contribution >= 0.6 is 0 Å². The van der Waals surface area contributed by atoms with Gasteiger partial charge in [0.1, 0.15) is 12.1 Å². The monoisotopic (exact) mass is 281 g/mol. The number of hydrogen-bond acceptors (Lipinski definition) is 5. The van der Waals surface area contributed by atoms with Gasteiger partial charge in [0, 0.05) is 5.56 Å². The van der Waals surface area contributed by atoms with E-state index in [1.807, 2.05) is 43.3 Å². The highest BCUT2D eigenvalue weighted by Crippen LogP contribution is 2.28. The molecule has 0 amide bonds. The van der Waals surface area contributed by atoms with E-state index < -0.39 is 0 Å². The number of tetrazole rings is 1. The second-order valence-electron chi connectivity index (χ2n) is 4.70. The van der Waals surface area contributed by atoms with Crippen molar-refractivity contribution in [3.8, 4) is 11.4 Å². The number of phenolic OH excluding ortho intramolecular Hbond substituents is 1. The van der Waals surface area contributed by atoms with Crippen molar-refractivity contribution in [2.24, 2.45) is 0 Å². The Labute approximate surface area is 122 Å². The van der Waals surface area contributed by atoms with Crippen molar-refractivity contribution in [3.05, 3.63) is 60.4 Å². The van der Waals surface area contributed by atoms with Crippen molar-refractivity contribution in [2.45, 2.75) is 13.0 Å². The third-order valence-corrected chi connectivity index (χ3v) is 3.28. The summed E-state index contributed by atoms with van der Waals surface area (Å²) < 4.78 is 1.60. The van der Waals surface area contributed by atoms with Gasteiger partial charge in [0.25, 0.3) is 0 Å². The number of anilines is 1. The summed E-state index contributed by atoms with van der Waals surface area (Å²) >= 11 is 0. The van der Waals surface area contributed by atoms with E-state index in [9.17, 15) is 5.11 Å². The summed E-state index contributed by atoms with van der Waals surface area (Å²) in [7, 11) is 0. The van der Waals surface area contributed by atoms with Crippen molar-refractivity contribution < 1.29 is 5.11 Å². The minimum absolute atomic E-state index is 0.0520. The Kier molecular flexibility index (Phi) is 3.51. The topological polar surface area (TPSA) is 75.9 Å². The van der Waals surface area contributed by atoms with Gasteiger partial charge in [0.15, 0.2) is 0 Å². The van der Waals surface area contributed by atoms with Crippen LogP contribution in [0.4, 0.5) is 5.69 Å². The number of hydrogen-bond donors (Lipinski definition) is 2. The zero-order valence-electron chi connectivity index (χ0n) is 11.5. The van der Waals surface area contributed by atoms with Crippen molar-refractivity contribution in [2.75, 3.05) is 5.32 Å². The van der Waals surface area contributed by atoms with Gasteiger partial charge in [0.05, 0.1) is 17.4 Å². The smallest absolute Gasteiger partial charge is 0.143 e. The van der Waals surface area contributed by atoms with Crippen LogP contribution < -0.4 is 5.32 Å². The number of aromatic hydroxyl groups is 1. The molecule has 6 heteroatoms. The van der Waals surface area contributed by atoms with E-state index >= 15 is 0 Å². The molecule has 21 heavy (non-hydrogen) atoms. The molecule has 1 atom stereocenters. The molecule has 6 nitrogen and oxygen atoms in total. The third kappa shape index (κ3) is 2.69. The average molecular weight is 281 g/mol. The van der Waals surface area contributed by atoms with Crippen LogP contribution in [-0.2, 0) is 0 Å². The Morgan fingerprint density at radius 1 is 1.10 bits per heavy atom. The maximum atomic E-state index is 9.93. The van der Waals surface area contributed by atoms with Crippen LogP contribution in [0.3, 0.4) is 0 Å². The van der Waals surface area contributed by atoms with Gasteiger partial charge in [-0.05, 0) is 35.5 Å². The minimum Gasteiger partial charge on any atom is -0.508 e. The fourth-order valence-corrected chi connectivity index (χ4v) is 2.23. The molecule has 1 aromatic heterocycles. The molecule has 106 valence electrons. The third-order valence-electron chi connectivity index (χ3n) is 3.28. The van der Waals surface area contributed by atoms with Crippen LogP contribution in [0.2, 0.25) is 0 Å². The predicted molar refractivity (Wildman–Crippen MR) is 79.3 cm³/mol. The SMILES string of the molecule is CC(Nc1ccccc1-n1cnnn1)c1ccccc1O. The Balaban J connectivity index is 1.91. The van der Waals surface area contributed by atoms with Gasteiger partial charge in [-0.15, -0.1) is 5.10 Å². The molecule has 1 unspecified atom stereocenters. The summed E-state index contributed by atoms with van der Waals surface area (Å²) in [5, 5.41) is 24.5. The first-order valence-corrected chi connectivity index (χ1v) is 6.62. The van der Waals surface area contributed by atoms with E-state index in [0.717, 1.165) is 16.9 Å². The summed E-state index contributed by atoms with van der Waals surface area (Å²) in [4.78, 5) is 0. The zero-order valence-corrected chi connectivity index (χ0v) is 11.5. The Morgan fingerprint density at radius 3 is 2.62 bits per heavy atom. The number of nitrogens with zero attached hydrogens (tertiary/aromatic N) is 4. The zero-order chi connectivity index (χ0) is 14.7. The van der Waals surface area contributed by atoms with E-state index in [-0.39, 0.29) is 11.8 Å². The lowest BCUT2D eigenvalue weighted by atomic mass is 10.1. The van der Waals surface area contributed by atoms with Gasteiger partial charge in [-0.25, -0.2) is 0 Å². The maximum Gasteiger partial charge on any atom is 0.143 e. The first-order chi connectivity index (χ1) is 10.3. The highest BCUT2D eigenvalue weighted by atomic mass is 16.3. The molecule has 0 saturated heterocycles. The minimum atomic E-state index is -0.0520. The highest BCUT2D eigenvalue weighted by molar-refractivity contribution is 5.61. The van der Waals surface area contributed by atoms with Crippen LogP contribution in [0.1, 0.15) is 18.5 Å². The van der Waals surface area contributed by atoms with E-state index in [0.29, 0.717) is 0 Å². The number of phenols is 1. The highest BCUT2D eigenvalue weighted by Gasteiger charge is 2.12. The first-order valence-electron chi connectivity index (χ1n) is 6.62. The molecule has 0 aliphatic rings. The van der Waals surface area contributed by atoms with E-state index in [1.165, 1.54) is 0 Å². The number of rotatable bonds is 4. The molecular formula is C15H15N5O. The molecule has 0 saturated carbocycles. The Bertz CT molecular complexity index is 726. The van der Waals surface area contributed by atoms with Crippen LogP contribution in [-0.4, -0.2) is 25.3 Å². The molecule has 3 rings (SSSR count). The fraction of sp³-hybridized carbons (Fsp3) is 0.133. The van der Waals surface area contributed by atoms with Crippen LogP contribution in [0, 0.1) is 0 Å². The summed E-state index contributed by atoms with van der Waals surface area (Å²) in [6.45, 7) is 1.99. The second-order valence-corrected chi connectivity index (χ2v) is 4.70. The van der Waals surface area contributed by atoms with Crippen LogP contribution in [0.25, 0.3) is 5.69 Å². The predicted octanol–water partition coefficient (Wildman–Crippen LogP) is 2.54. The molecule has 2 N–H and O–H groups in total. The van der Waals surface area contributed by atoms with E-state index in [1.54, 1.807) is 23.1 Å². The van der Waals surface area contributed by atoms with E-state index in [4.69, 9.17) is 0 Å². The van der Waals surface area contributed by atoms with Crippen LogP contribution in [0.5, 0.6) is 5.75 Å². The van der Waals surface area contributed by atoms with Gasteiger partial charge < -0.3 is 10.4 Å². The number of para-hydroxylation sites is 3. The molecule has 1 heterocycles. The number of aromatic nitrogens is 4. The lowest BCUT2D eigenvalue weighted by molar-refractivity contribution is 0.465. The molecule has 0 bridgehead atoms. The molecule has 2 aromatic carbocycles. The van der Waals surface area contributed by atoms with Crippen LogP contribution in [0.15, 0.2) is 54.9 Å². The normalized spacial score (nSPS) is 12.0. The first kappa shape index (κ1) is 13.1. The molecule has 0 aliphatic carbocycles. The molecule has 0 spiro atoms. The Morgan fingerprint density at radius 2 is 1.86 bits per heavy atom. The maximum absolute atomic E-state index is 9.93. The lowest BCUT2D eigenvalue weighted by Gasteiger charge is -2.18.